The molecular formula is C10H9BrClN3O2S. The summed E-state index contributed by atoms with van der Waals surface area (Å²) in [6.07, 6.45) is 0. The van der Waals surface area contributed by atoms with Crippen molar-refractivity contribution in [3.63, 3.8) is 0 Å². The summed E-state index contributed by atoms with van der Waals surface area (Å²) in [4.78, 5) is 0. The molecule has 0 aliphatic rings. The first kappa shape index (κ1) is 13.5. The average molecular weight is 351 g/mol. The molecule has 0 fully saturated rings. The Morgan fingerprint density at radius 1 is 1.28 bits per heavy atom. The lowest BCUT2D eigenvalue weighted by atomic mass is 10.2. The highest BCUT2D eigenvalue weighted by molar-refractivity contribution is 9.10. The van der Waals surface area contributed by atoms with Gasteiger partial charge in [0.25, 0.3) is 14.2 Å². The van der Waals surface area contributed by atoms with Crippen molar-refractivity contribution in [1.82, 2.24) is 14.8 Å². The van der Waals surface area contributed by atoms with Gasteiger partial charge in [-0.1, -0.05) is 28.1 Å². The summed E-state index contributed by atoms with van der Waals surface area (Å²) in [5.74, 6) is 0.476. The molecule has 0 aliphatic heterocycles. The maximum atomic E-state index is 11.3. The predicted octanol–water partition coefficient (Wildman–Crippen LogP) is 2.66. The summed E-state index contributed by atoms with van der Waals surface area (Å²) in [5, 5.41) is 7.29. The van der Waals surface area contributed by atoms with Gasteiger partial charge in [0.2, 0.25) is 0 Å². The minimum absolute atomic E-state index is 0.232. The molecule has 0 saturated carbocycles. The fraction of sp³-hybridized carbons (Fsp3) is 0.200. The third-order valence-corrected chi connectivity index (χ3v) is 4.03. The van der Waals surface area contributed by atoms with Crippen molar-refractivity contribution in [1.29, 1.82) is 0 Å². The van der Waals surface area contributed by atoms with Gasteiger partial charge in [-0.3, -0.25) is 4.57 Å². The van der Waals surface area contributed by atoms with Crippen LogP contribution in [0.2, 0.25) is 0 Å². The van der Waals surface area contributed by atoms with Crippen LogP contribution < -0.4 is 0 Å². The Morgan fingerprint density at radius 2 is 1.89 bits per heavy atom. The van der Waals surface area contributed by atoms with E-state index in [0.29, 0.717) is 12.4 Å². The zero-order chi connectivity index (χ0) is 13.3. The van der Waals surface area contributed by atoms with E-state index in [1.807, 2.05) is 24.3 Å². The van der Waals surface area contributed by atoms with Gasteiger partial charge in [0, 0.05) is 27.3 Å². The van der Waals surface area contributed by atoms with E-state index in [4.69, 9.17) is 10.7 Å². The largest absolute Gasteiger partial charge is 0.297 e. The van der Waals surface area contributed by atoms with E-state index >= 15 is 0 Å². The molecule has 8 heteroatoms. The van der Waals surface area contributed by atoms with Gasteiger partial charge < -0.3 is 0 Å². The maximum absolute atomic E-state index is 11.3. The third-order valence-electron chi connectivity index (χ3n) is 2.35. The summed E-state index contributed by atoms with van der Waals surface area (Å²) in [6.45, 7) is 2.22. The van der Waals surface area contributed by atoms with Crippen molar-refractivity contribution < 1.29 is 8.42 Å². The Hall–Kier alpha value is -0.920. The molecule has 0 saturated heterocycles. The Bertz CT molecular complexity index is 667. The topological polar surface area (TPSA) is 64.8 Å². The minimum atomic E-state index is -3.89. The van der Waals surface area contributed by atoms with Crippen LogP contribution in [-0.2, 0) is 15.6 Å². The van der Waals surface area contributed by atoms with E-state index in [0.717, 1.165) is 10.0 Å². The predicted molar refractivity (Wildman–Crippen MR) is 71.9 cm³/mol. The van der Waals surface area contributed by atoms with E-state index in [1.54, 1.807) is 6.92 Å². The second kappa shape index (κ2) is 4.99. The Balaban J connectivity index is 2.59. The zero-order valence-corrected chi connectivity index (χ0v) is 12.5. The molecular weight excluding hydrogens is 342 g/mol. The van der Waals surface area contributed by atoms with Gasteiger partial charge in [0.05, 0.1) is 0 Å². The molecule has 2 rings (SSSR count). The van der Waals surface area contributed by atoms with Crippen LogP contribution in [0, 0.1) is 0 Å². The van der Waals surface area contributed by atoms with Crippen LogP contribution >= 0.6 is 26.6 Å². The molecule has 5 nitrogen and oxygen atoms in total. The molecule has 2 aromatic rings. The van der Waals surface area contributed by atoms with Crippen molar-refractivity contribution in [3.8, 4) is 11.4 Å². The van der Waals surface area contributed by atoms with Crippen molar-refractivity contribution >= 4 is 35.7 Å². The fourth-order valence-electron chi connectivity index (χ4n) is 1.57. The van der Waals surface area contributed by atoms with Crippen LogP contribution in [-0.4, -0.2) is 23.2 Å². The SMILES string of the molecule is CCn1c(-c2ccc(Br)cc2)nnc1S(=O)(=O)Cl. The van der Waals surface area contributed by atoms with Gasteiger partial charge in [-0.25, -0.2) is 8.42 Å². The molecule has 96 valence electrons. The van der Waals surface area contributed by atoms with Crippen molar-refractivity contribution in [2.45, 2.75) is 18.6 Å². The highest BCUT2D eigenvalue weighted by Gasteiger charge is 2.22. The quantitative estimate of drug-likeness (QED) is 0.798. The Labute approximate surface area is 117 Å². The standard InChI is InChI=1S/C10H9BrClN3O2S/c1-2-15-9(7-3-5-8(11)6-4-7)13-14-10(15)18(12,16)17/h3-6H,2H2,1H3. The second-order valence-corrected chi connectivity index (χ2v) is 6.87. The molecule has 0 N–H and O–H groups in total. The summed E-state index contributed by atoms with van der Waals surface area (Å²) >= 11 is 3.33. The lowest BCUT2D eigenvalue weighted by molar-refractivity contribution is 0.583. The van der Waals surface area contributed by atoms with E-state index in [9.17, 15) is 8.42 Å². The first-order valence-corrected chi connectivity index (χ1v) is 8.17. The minimum Gasteiger partial charge on any atom is -0.297 e. The number of rotatable bonds is 3. The van der Waals surface area contributed by atoms with Crippen molar-refractivity contribution in [2.24, 2.45) is 0 Å². The van der Waals surface area contributed by atoms with Crippen LogP contribution in [0.5, 0.6) is 0 Å². The summed E-state index contributed by atoms with van der Waals surface area (Å²) in [5.41, 5.74) is 0.777. The monoisotopic (exact) mass is 349 g/mol. The molecule has 0 aliphatic carbocycles. The van der Waals surface area contributed by atoms with Gasteiger partial charge in [-0.2, -0.15) is 0 Å². The zero-order valence-electron chi connectivity index (χ0n) is 9.34. The number of nitrogens with zero attached hydrogens (tertiary/aromatic N) is 3. The van der Waals surface area contributed by atoms with Crippen molar-refractivity contribution in [2.75, 3.05) is 0 Å². The normalized spacial score (nSPS) is 11.7. The van der Waals surface area contributed by atoms with Gasteiger partial charge in [0.1, 0.15) is 0 Å². The number of hydrogen-bond acceptors (Lipinski definition) is 4. The highest BCUT2D eigenvalue weighted by Crippen LogP contribution is 2.23. The summed E-state index contributed by atoms with van der Waals surface area (Å²) in [6, 6.07) is 7.34. The molecule has 0 atom stereocenters. The molecule has 1 aromatic heterocycles. The number of benzene rings is 1. The second-order valence-electron chi connectivity index (χ2n) is 3.50. The number of halogens is 2. The lowest BCUT2D eigenvalue weighted by Gasteiger charge is -2.05. The van der Waals surface area contributed by atoms with Crippen LogP contribution in [0.3, 0.4) is 0 Å². The maximum Gasteiger partial charge on any atom is 0.296 e. The van der Waals surface area contributed by atoms with E-state index in [2.05, 4.69) is 26.1 Å². The Kier molecular flexibility index (Phi) is 3.74. The summed E-state index contributed by atoms with van der Waals surface area (Å²) < 4.78 is 25.1. The van der Waals surface area contributed by atoms with E-state index in [1.165, 1.54) is 4.57 Å². The van der Waals surface area contributed by atoms with Gasteiger partial charge in [0.15, 0.2) is 5.82 Å². The first-order chi connectivity index (χ1) is 8.43. The number of hydrogen-bond donors (Lipinski definition) is 0. The molecule has 0 bridgehead atoms. The van der Waals surface area contributed by atoms with Crippen LogP contribution in [0.4, 0.5) is 0 Å². The van der Waals surface area contributed by atoms with Gasteiger partial charge in [-0.05, 0) is 19.1 Å². The molecule has 0 spiro atoms. The fourth-order valence-corrected chi connectivity index (χ4v) is 2.79. The third kappa shape index (κ3) is 2.57. The molecule has 0 radical (unpaired) electrons. The number of aromatic nitrogens is 3. The van der Waals surface area contributed by atoms with Crippen LogP contribution in [0.15, 0.2) is 33.9 Å². The first-order valence-electron chi connectivity index (χ1n) is 5.07. The van der Waals surface area contributed by atoms with Gasteiger partial charge >= 0.3 is 0 Å². The van der Waals surface area contributed by atoms with Gasteiger partial charge in [-0.15, -0.1) is 10.2 Å². The average Bonchev–Trinajstić information content (AvgIpc) is 2.73. The van der Waals surface area contributed by atoms with Crippen molar-refractivity contribution in [3.05, 3.63) is 28.7 Å². The van der Waals surface area contributed by atoms with Crippen LogP contribution in [0.25, 0.3) is 11.4 Å². The molecule has 0 unspecified atom stereocenters. The molecule has 1 heterocycles. The molecule has 0 amide bonds. The Morgan fingerprint density at radius 3 is 2.39 bits per heavy atom. The summed E-state index contributed by atoms with van der Waals surface area (Å²) in [7, 11) is 1.42. The smallest absolute Gasteiger partial charge is 0.296 e. The van der Waals surface area contributed by atoms with Crippen LogP contribution in [0.1, 0.15) is 6.92 Å². The molecule has 18 heavy (non-hydrogen) atoms. The van der Waals surface area contributed by atoms with E-state index < -0.39 is 9.05 Å². The lowest BCUT2D eigenvalue weighted by Crippen LogP contribution is -2.06. The highest BCUT2D eigenvalue weighted by atomic mass is 79.9. The van der Waals surface area contributed by atoms with E-state index in [-0.39, 0.29) is 5.16 Å². The molecule has 1 aromatic carbocycles.